The first-order valence-electron chi connectivity index (χ1n) is 9.09. The fraction of sp³-hybridized carbons (Fsp3) is 0.368. The van der Waals surface area contributed by atoms with E-state index in [9.17, 15) is 4.79 Å². The number of carbonyl (C=O) groups excluding carboxylic acids is 1. The number of aromatic nitrogens is 4. The molecule has 0 spiro atoms. The zero-order valence-corrected chi connectivity index (χ0v) is 14.9. The molecule has 4 rings (SSSR count). The van der Waals surface area contributed by atoms with Crippen LogP contribution in [0.3, 0.4) is 0 Å². The SMILES string of the molecule is NC(=O)CC(Nc1ncnc2c1cnn2-c1ccccc1)C1CCOCC1. The van der Waals surface area contributed by atoms with E-state index in [2.05, 4.69) is 20.4 Å². The minimum Gasteiger partial charge on any atom is -0.381 e. The number of para-hydroxylation sites is 1. The summed E-state index contributed by atoms with van der Waals surface area (Å²) < 4.78 is 7.22. The molecule has 1 aliphatic heterocycles. The summed E-state index contributed by atoms with van der Waals surface area (Å²) >= 11 is 0. The molecule has 8 heteroatoms. The number of amides is 1. The molecule has 1 saturated heterocycles. The molecule has 1 atom stereocenters. The molecule has 27 heavy (non-hydrogen) atoms. The van der Waals surface area contributed by atoms with Crippen LogP contribution in [0.4, 0.5) is 5.82 Å². The number of primary amides is 1. The van der Waals surface area contributed by atoms with Gasteiger partial charge in [0.25, 0.3) is 0 Å². The van der Waals surface area contributed by atoms with Crippen molar-refractivity contribution in [2.75, 3.05) is 18.5 Å². The molecular formula is C19H22N6O2. The molecular weight excluding hydrogens is 344 g/mol. The van der Waals surface area contributed by atoms with E-state index in [1.807, 2.05) is 30.3 Å². The van der Waals surface area contributed by atoms with Gasteiger partial charge in [-0.05, 0) is 30.9 Å². The first-order valence-corrected chi connectivity index (χ1v) is 9.09. The smallest absolute Gasteiger partial charge is 0.219 e. The second-order valence-electron chi connectivity index (χ2n) is 6.72. The normalized spacial score (nSPS) is 16.3. The predicted molar refractivity (Wildman–Crippen MR) is 101 cm³/mol. The molecule has 3 heterocycles. The van der Waals surface area contributed by atoms with E-state index < -0.39 is 0 Å². The summed E-state index contributed by atoms with van der Waals surface area (Å²) in [7, 11) is 0. The van der Waals surface area contributed by atoms with E-state index in [4.69, 9.17) is 10.5 Å². The minimum atomic E-state index is -0.329. The third kappa shape index (κ3) is 3.75. The average Bonchev–Trinajstić information content (AvgIpc) is 3.14. The highest BCUT2D eigenvalue weighted by atomic mass is 16.5. The highest BCUT2D eigenvalue weighted by Gasteiger charge is 2.26. The Hall–Kier alpha value is -3.00. The van der Waals surface area contributed by atoms with Crippen LogP contribution >= 0.6 is 0 Å². The van der Waals surface area contributed by atoms with Crippen LogP contribution in [0.2, 0.25) is 0 Å². The van der Waals surface area contributed by atoms with Crippen molar-refractivity contribution in [3.8, 4) is 5.69 Å². The predicted octanol–water partition coefficient (Wildman–Crippen LogP) is 1.90. The molecule has 3 N–H and O–H groups in total. The molecule has 8 nitrogen and oxygen atoms in total. The lowest BCUT2D eigenvalue weighted by Gasteiger charge is -2.30. The molecule has 1 fully saturated rings. The van der Waals surface area contributed by atoms with Crippen LogP contribution in [0.1, 0.15) is 19.3 Å². The van der Waals surface area contributed by atoms with Crippen LogP contribution in [0, 0.1) is 5.92 Å². The summed E-state index contributed by atoms with van der Waals surface area (Å²) in [5.41, 5.74) is 7.12. The average molecular weight is 366 g/mol. The van der Waals surface area contributed by atoms with Gasteiger partial charge in [-0.15, -0.1) is 0 Å². The lowest BCUT2D eigenvalue weighted by Crippen LogP contribution is -2.37. The van der Waals surface area contributed by atoms with E-state index in [1.54, 1.807) is 10.9 Å². The van der Waals surface area contributed by atoms with Crippen molar-refractivity contribution in [1.82, 2.24) is 19.7 Å². The molecule has 0 radical (unpaired) electrons. The molecule has 0 saturated carbocycles. The standard InChI is InChI=1S/C19H22N6O2/c20-17(26)10-16(13-6-8-27-9-7-13)24-18-15-11-23-25(19(15)22-12-21-18)14-4-2-1-3-5-14/h1-5,11-13,16H,6-10H2,(H2,20,26)(H,21,22,24). The summed E-state index contributed by atoms with van der Waals surface area (Å²) in [5.74, 6) is 0.643. The number of carbonyl (C=O) groups is 1. The number of nitrogens with one attached hydrogen (secondary N) is 1. The van der Waals surface area contributed by atoms with Crippen molar-refractivity contribution in [3.63, 3.8) is 0 Å². The maximum Gasteiger partial charge on any atom is 0.219 e. The second-order valence-corrected chi connectivity index (χ2v) is 6.72. The van der Waals surface area contributed by atoms with Gasteiger partial charge < -0.3 is 15.8 Å². The summed E-state index contributed by atoms with van der Waals surface area (Å²) in [6.45, 7) is 1.40. The number of benzene rings is 1. The van der Waals surface area contributed by atoms with Gasteiger partial charge in [0.15, 0.2) is 5.65 Å². The summed E-state index contributed by atoms with van der Waals surface area (Å²) in [5, 5.41) is 8.70. The van der Waals surface area contributed by atoms with Crippen molar-refractivity contribution in [2.24, 2.45) is 11.7 Å². The van der Waals surface area contributed by atoms with Gasteiger partial charge in [0.1, 0.15) is 12.1 Å². The van der Waals surface area contributed by atoms with Crippen molar-refractivity contribution in [1.29, 1.82) is 0 Å². The maximum atomic E-state index is 11.6. The van der Waals surface area contributed by atoms with E-state index in [1.165, 1.54) is 6.33 Å². The number of hydrogen-bond donors (Lipinski definition) is 2. The molecule has 0 aliphatic carbocycles. The van der Waals surface area contributed by atoms with Crippen LogP contribution in [0.15, 0.2) is 42.9 Å². The van der Waals surface area contributed by atoms with Crippen LogP contribution in [0.25, 0.3) is 16.7 Å². The monoisotopic (exact) mass is 366 g/mol. The number of fused-ring (bicyclic) bond motifs is 1. The summed E-state index contributed by atoms with van der Waals surface area (Å²) in [4.78, 5) is 20.4. The second kappa shape index (κ2) is 7.71. The van der Waals surface area contributed by atoms with Gasteiger partial charge in [0.2, 0.25) is 5.91 Å². The van der Waals surface area contributed by atoms with Gasteiger partial charge in [-0.3, -0.25) is 4.79 Å². The highest BCUT2D eigenvalue weighted by molar-refractivity contribution is 5.87. The van der Waals surface area contributed by atoms with Gasteiger partial charge in [0.05, 0.1) is 17.3 Å². The Bertz CT molecular complexity index is 920. The van der Waals surface area contributed by atoms with Gasteiger partial charge >= 0.3 is 0 Å². The van der Waals surface area contributed by atoms with Gasteiger partial charge in [-0.2, -0.15) is 5.10 Å². The number of rotatable bonds is 6. The number of anilines is 1. The number of nitrogens with two attached hydrogens (primary N) is 1. The van der Waals surface area contributed by atoms with Crippen molar-refractivity contribution in [2.45, 2.75) is 25.3 Å². The van der Waals surface area contributed by atoms with E-state index in [0.29, 0.717) is 30.6 Å². The topological polar surface area (TPSA) is 108 Å². The van der Waals surface area contributed by atoms with Crippen molar-refractivity contribution < 1.29 is 9.53 Å². The van der Waals surface area contributed by atoms with Gasteiger partial charge in [-0.25, -0.2) is 14.6 Å². The zero-order valence-electron chi connectivity index (χ0n) is 14.9. The molecule has 1 aliphatic rings. The van der Waals surface area contributed by atoms with Crippen LogP contribution in [-0.4, -0.2) is 44.9 Å². The minimum absolute atomic E-state index is 0.0930. The fourth-order valence-electron chi connectivity index (χ4n) is 3.56. The molecule has 2 aromatic heterocycles. The third-order valence-corrected chi connectivity index (χ3v) is 4.94. The first-order chi connectivity index (χ1) is 13.2. The largest absolute Gasteiger partial charge is 0.381 e. The first kappa shape index (κ1) is 17.4. The number of hydrogen-bond acceptors (Lipinski definition) is 6. The maximum absolute atomic E-state index is 11.6. The van der Waals surface area contributed by atoms with Crippen LogP contribution in [0.5, 0.6) is 0 Å². The third-order valence-electron chi connectivity index (χ3n) is 4.94. The Morgan fingerprint density at radius 1 is 1.26 bits per heavy atom. The zero-order chi connectivity index (χ0) is 18.6. The molecule has 3 aromatic rings. The molecule has 140 valence electrons. The molecule has 1 amide bonds. The van der Waals surface area contributed by atoms with Gasteiger partial charge in [-0.1, -0.05) is 18.2 Å². The Morgan fingerprint density at radius 3 is 2.78 bits per heavy atom. The van der Waals surface area contributed by atoms with Crippen LogP contribution in [-0.2, 0) is 9.53 Å². The van der Waals surface area contributed by atoms with E-state index >= 15 is 0 Å². The number of nitrogens with zero attached hydrogens (tertiary/aromatic N) is 4. The highest BCUT2D eigenvalue weighted by Crippen LogP contribution is 2.27. The number of ether oxygens (including phenoxy) is 1. The van der Waals surface area contributed by atoms with E-state index in [0.717, 1.165) is 23.9 Å². The summed E-state index contributed by atoms with van der Waals surface area (Å²) in [6.07, 6.45) is 5.29. The van der Waals surface area contributed by atoms with Crippen molar-refractivity contribution in [3.05, 3.63) is 42.9 Å². The molecule has 0 bridgehead atoms. The quantitative estimate of drug-likeness (QED) is 0.690. The lowest BCUT2D eigenvalue weighted by atomic mass is 9.89. The van der Waals surface area contributed by atoms with Crippen LogP contribution < -0.4 is 11.1 Å². The molecule has 1 unspecified atom stereocenters. The molecule has 1 aromatic carbocycles. The lowest BCUT2D eigenvalue weighted by molar-refractivity contribution is -0.118. The Balaban J connectivity index is 1.66. The van der Waals surface area contributed by atoms with E-state index in [-0.39, 0.29) is 18.4 Å². The summed E-state index contributed by atoms with van der Waals surface area (Å²) in [6, 6.07) is 9.72. The Kier molecular flexibility index (Phi) is 4.97. The van der Waals surface area contributed by atoms with Gasteiger partial charge in [0, 0.05) is 25.7 Å². The van der Waals surface area contributed by atoms with Crippen molar-refractivity contribution >= 4 is 22.8 Å². The Labute approximate surface area is 156 Å². The fourth-order valence-corrected chi connectivity index (χ4v) is 3.56. The Morgan fingerprint density at radius 2 is 2.04 bits per heavy atom.